The van der Waals surface area contributed by atoms with Crippen LogP contribution in [0.1, 0.15) is 37.6 Å². The molecule has 0 radical (unpaired) electrons. The van der Waals surface area contributed by atoms with Crippen molar-refractivity contribution in [3.63, 3.8) is 0 Å². The number of carbonyl (C=O) groups is 1. The molecule has 1 N–H and O–H groups in total. The van der Waals surface area contributed by atoms with Crippen molar-refractivity contribution in [1.29, 1.82) is 0 Å². The maximum Gasteiger partial charge on any atom is 0.410 e. The summed E-state index contributed by atoms with van der Waals surface area (Å²) in [4.78, 5) is 31.9. The SMILES string of the molecule is CC(C)(C)OC(=O)N1CC=C(c2c[nH]c3ncc(-c4ccc(CN5CCOCC5)s4)nc23)CC1. The Labute approximate surface area is 203 Å². The lowest BCUT2D eigenvalue weighted by molar-refractivity contribution is 0.0270. The minimum absolute atomic E-state index is 0.269. The number of fused-ring (bicyclic) bond motifs is 1. The quantitative estimate of drug-likeness (QED) is 0.589. The molecule has 3 aromatic heterocycles. The van der Waals surface area contributed by atoms with E-state index in [2.05, 4.69) is 33.1 Å². The molecule has 34 heavy (non-hydrogen) atoms. The number of amides is 1. The molecular formula is C25H31N5O3S. The monoisotopic (exact) mass is 481 g/mol. The van der Waals surface area contributed by atoms with Gasteiger partial charge in [0.1, 0.15) is 11.1 Å². The third-order valence-electron chi connectivity index (χ3n) is 5.98. The average molecular weight is 482 g/mol. The Morgan fingerprint density at radius 2 is 2.06 bits per heavy atom. The summed E-state index contributed by atoms with van der Waals surface area (Å²) in [5.41, 5.74) is 4.28. The first kappa shape index (κ1) is 23.0. The largest absolute Gasteiger partial charge is 0.444 e. The van der Waals surface area contributed by atoms with E-state index in [-0.39, 0.29) is 6.09 Å². The lowest BCUT2D eigenvalue weighted by Crippen LogP contribution is -2.39. The molecule has 180 valence electrons. The van der Waals surface area contributed by atoms with E-state index in [0.29, 0.717) is 13.1 Å². The van der Waals surface area contributed by atoms with Crippen LogP contribution < -0.4 is 0 Å². The van der Waals surface area contributed by atoms with Gasteiger partial charge in [0.25, 0.3) is 0 Å². The lowest BCUT2D eigenvalue weighted by atomic mass is 10.0. The first-order chi connectivity index (χ1) is 16.4. The predicted octanol–water partition coefficient (Wildman–Crippen LogP) is 4.54. The van der Waals surface area contributed by atoms with Crippen LogP contribution in [0.25, 0.3) is 27.3 Å². The highest BCUT2D eigenvalue weighted by Gasteiger charge is 2.25. The number of aromatic amines is 1. The topological polar surface area (TPSA) is 83.6 Å². The molecule has 0 bridgehead atoms. The standard InChI is InChI=1S/C25H31N5O3S/c1-25(2,3)33-24(31)30-8-6-17(7-9-30)19-14-26-23-22(19)28-20(15-27-23)21-5-4-18(34-21)16-29-10-12-32-13-11-29/h4-6,14-15H,7-13,16H2,1-3H3,(H,26,27). The van der Waals surface area contributed by atoms with Crippen LogP contribution in [0, 0.1) is 0 Å². The Bertz CT molecular complexity index is 1200. The molecule has 9 heteroatoms. The summed E-state index contributed by atoms with van der Waals surface area (Å²) in [6, 6.07) is 4.33. The maximum atomic E-state index is 12.4. The van der Waals surface area contributed by atoms with Gasteiger partial charge in [-0.1, -0.05) is 6.08 Å². The van der Waals surface area contributed by atoms with Crippen molar-refractivity contribution in [3.05, 3.63) is 41.0 Å². The first-order valence-corrected chi connectivity index (χ1v) is 12.6. The van der Waals surface area contributed by atoms with Gasteiger partial charge in [-0.3, -0.25) is 4.90 Å². The summed E-state index contributed by atoms with van der Waals surface area (Å²) in [5, 5.41) is 0. The zero-order chi connectivity index (χ0) is 23.7. The van der Waals surface area contributed by atoms with Crippen molar-refractivity contribution in [3.8, 4) is 10.6 Å². The molecule has 0 unspecified atom stereocenters. The van der Waals surface area contributed by atoms with Crippen LogP contribution in [-0.2, 0) is 16.0 Å². The molecule has 0 saturated carbocycles. The highest BCUT2D eigenvalue weighted by atomic mass is 32.1. The molecule has 5 heterocycles. The van der Waals surface area contributed by atoms with Crippen LogP contribution >= 0.6 is 11.3 Å². The molecular weight excluding hydrogens is 450 g/mol. The summed E-state index contributed by atoms with van der Waals surface area (Å²) in [7, 11) is 0. The van der Waals surface area contributed by atoms with Gasteiger partial charge in [-0.25, -0.2) is 14.8 Å². The van der Waals surface area contributed by atoms with E-state index in [9.17, 15) is 4.79 Å². The zero-order valence-electron chi connectivity index (χ0n) is 20.0. The number of H-pyrrole nitrogens is 1. The number of rotatable bonds is 4. The minimum atomic E-state index is -0.492. The minimum Gasteiger partial charge on any atom is -0.444 e. The summed E-state index contributed by atoms with van der Waals surface area (Å²) in [5.74, 6) is 0. The van der Waals surface area contributed by atoms with Gasteiger partial charge in [0.2, 0.25) is 0 Å². The normalized spacial score (nSPS) is 17.7. The first-order valence-electron chi connectivity index (χ1n) is 11.8. The summed E-state index contributed by atoms with van der Waals surface area (Å²) < 4.78 is 11.0. The average Bonchev–Trinajstić information content (AvgIpc) is 3.45. The van der Waals surface area contributed by atoms with Crippen LogP contribution in [-0.4, -0.2) is 75.8 Å². The fourth-order valence-corrected chi connectivity index (χ4v) is 5.25. The Morgan fingerprint density at radius 1 is 1.24 bits per heavy atom. The smallest absolute Gasteiger partial charge is 0.410 e. The van der Waals surface area contributed by atoms with Gasteiger partial charge in [0.15, 0.2) is 5.65 Å². The number of nitrogens with zero attached hydrogens (tertiary/aromatic N) is 4. The van der Waals surface area contributed by atoms with Gasteiger partial charge in [0, 0.05) is 49.4 Å². The van der Waals surface area contributed by atoms with Gasteiger partial charge in [-0.15, -0.1) is 11.3 Å². The van der Waals surface area contributed by atoms with E-state index in [1.165, 1.54) is 10.5 Å². The Balaban J connectivity index is 1.32. The Hall–Kier alpha value is -2.75. The van der Waals surface area contributed by atoms with Crippen molar-refractivity contribution in [1.82, 2.24) is 24.8 Å². The number of hydrogen-bond acceptors (Lipinski definition) is 7. The summed E-state index contributed by atoms with van der Waals surface area (Å²) >= 11 is 1.77. The third-order valence-corrected chi connectivity index (χ3v) is 7.08. The number of carbonyl (C=O) groups excluding carboxylic acids is 1. The van der Waals surface area contributed by atoms with Crippen LogP contribution in [0.3, 0.4) is 0 Å². The molecule has 1 saturated heterocycles. The second-order valence-corrected chi connectivity index (χ2v) is 10.9. The fraction of sp³-hybridized carbons (Fsp3) is 0.480. The molecule has 2 aliphatic rings. The molecule has 1 fully saturated rings. The van der Waals surface area contributed by atoms with Crippen molar-refractivity contribution in [2.45, 2.75) is 39.3 Å². The van der Waals surface area contributed by atoms with Crippen LogP contribution in [0.15, 0.2) is 30.6 Å². The van der Waals surface area contributed by atoms with Crippen molar-refractivity contribution < 1.29 is 14.3 Å². The number of nitrogens with one attached hydrogen (secondary N) is 1. The number of morpholine rings is 1. The summed E-state index contributed by atoms with van der Waals surface area (Å²) in [6.07, 6.45) is 6.39. The van der Waals surface area contributed by atoms with E-state index in [0.717, 1.165) is 66.6 Å². The third kappa shape index (κ3) is 5.16. The van der Waals surface area contributed by atoms with Gasteiger partial charge >= 0.3 is 6.09 Å². The van der Waals surface area contributed by atoms with Gasteiger partial charge in [-0.2, -0.15) is 0 Å². The van der Waals surface area contributed by atoms with Crippen molar-refractivity contribution in [2.24, 2.45) is 0 Å². The number of ether oxygens (including phenoxy) is 2. The fourth-order valence-electron chi connectivity index (χ4n) is 4.24. The van der Waals surface area contributed by atoms with Crippen LogP contribution in [0.2, 0.25) is 0 Å². The lowest BCUT2D eigenvalue weighted by Gasteiger charge is -2.29. The molecule has 0 aliphatic carbocycles. The van der Waals surface area contributed by atoms with E-state index >= 15 is 0 Å². The predicted molar refractivity (Wildman–Crippen MR) is 134 cm³/mol. The highest BCUT2D eigenvalue weighted by Crippen LogP contribution is 2.32. The van der Waals surface area contributed by atoms with Gasteiger partial charge in [0.05, 0.1) is 30.0 Å². The maximum absolute atomic E-state index is 12.4. The van der Waals surface area contributed by atoms with Crippen molar-refractivity contribution in [2.75, 3.05) is 39.4 Å². The zero-order valence-corrected chi connectivity index (χ0v) is 20.8. The van der Waals surface area contributed by atoms with E-state index in [1.807, 2.05) is 33.2 Å². The number of aromatic nitrogens is 3. The second-order valence-electron chi connectivity index (χ2n) is 9.72. The number of thiophene rings is 1. The van der Waals surface area contributed by atoms with E-state index < -0.39 is 5.60 Å². The Morgan fingerprint density at radius 3 is 2.79 bits per heavy atom. The molecule has 0 aromatic carbocycles. The van der Waals surface area contributed by atoms with E-state index in [1.54, 1.807) is 16.2 Å². The molecule has 5 rings (SSSR count). The van der Waals surface area contributed by atoms with Gasteiger partial charge in [-0.05, 0) is 44.9 Å². The number of hydrogen-bond donors (Lipinski definition) is 1. The highest BCUT2D eigenvalue weighted by molar-refractivity contribution is 7.15. The molecule has 1 amide bonds. The summed E-state index contributed by atoms with van der Waals surface area (Å²) in [6.45, 7) is 11.3. The van der Waals surface area contributed by atoms with E-state index in [4.69, 9.17) is 14.5 Å². The van der Waals surface area contributed by atoms with Crippen LogP contribution in [0.5, 0.6) is 0 Å². The molecule has 3 aromatic rings. The molecule has 0 spiro atoms. The molecule has 8 nitrogen and oxygen atoms in total. The Kier molecular flexibility index (Phi) is 6.42. The van der Waals surface area contributed by atoms with Gasteiger partial charge < -0.3 is 19.4 Å². The van der Waals surface area contributed by atoms with Crippen LogP contribution in [0.4, 0.5) is 4.79 Å². The second kappa shape index (κ2) is 9.48. The van der Waals surface area contributed by atoms with Crippen molar-refractivity contribution >= 4 is 34.2 Å². The molecule has 2 aliphatic heterocycles. The molecule has 0 atom stereocenters.